The van der Waals surface area contributed by atoms with Gasteiger partial charge in [-0.1, -0.05) is 26.2 Å². The van der Waals surface area contributed by atoms with Gasteiger partial charge in [0, 0.05) is 41.4 Å². The molecular formula is C16H26Cl2I2N2O. The summed E-state index contributed by atoms with van der Waals surface area (Å²) in [6.07, 6.45) is 4.87. The van der Waals surface area contributed by atoms with Crippen molar-refractivity contribution in [3.63, 3.8) is 0 Å². The Labute approximate surface area is 179 Å². The van der Waals surface area contributed by atoms with Crippen molar-refractivity contribution in [1.82, 2.24) is 10.2 Å². The van der Waals surface area contributed by atoms with Gasteiger partial charge in [-0.15, -0.1) is 24.8 Å². The molecule has 2 rings (SSSR count). The number of nitrogens with zero attached hydrogens (tertiary/aromatic N) is 1. The van der Waals surface area contributed by atoms with Gasteiger partial charge in [-0.2, -0.15) is 0 Å². The molecule has 0 unspecified atom stereocenters. The third kappa shape index (κ3) is 7.01. The highest BCUT2D eigenvalue weighted by Gasteiger charge is 2.25. The van der Waals surface area contributed by atoms with E-state index in [1.165, 1.54) is 22.8 Å². The van der Waals surface area contributed by atoms with E-state index >= 15 is 0 Å². The van der Waals surface area contributed by atoms with Crippen molar-refractivity contribution in [2.75, 3.05) is 26.2 Å². The first-order valence-corrected chi connectivity index (χ1v) is 9.92. The molecule has 1 heterocycles. The maximum Gasteiger partial charge on any atom is 0.133 e. The van der Waals surface area contributed by atoms with Gasteiger partial charge in [0.05, 0.1) is 3.57 Å². The molecule has 23 heavy (non-hydrogen) atoms. The van der Waals surface area contributed by atoms with Crippen molar-refractivity contribution in [2.45, 2.75) is 38.6 Å². The summed E-state index contributed by atoms with van der Waals surface area (Å²) >= 11 is 4.59. The van der Waals surface area contributed by atoms with Crippen LogP contribution in [-0.2, 0) is 0 Å². The number of nitrogens with one attached hydrogen (secondary N) is 1. The Kier molecular flexibility index (Phi) is 12.9. The Bertz CT molecular complexity index is 472. The summed E-state index contributed by atoms with van der Waals surface area (Å²) in [7, 11) is 0. The predicted molar refractivity (Wildman–Crippen MR) is 119 cm³/mol. The van der Waals surface area contributed by atoms with Gasteiger partial charge in [-0.3, -0.25) is 4.90 Å². The average molecular weight is 587 g/mol. The van der Waals surface area contributed by atoms with E-state index in [0.717, 1.165) is 41.7 Å². The summed E-state index contributed by atoms with van der Waals surface area (Å²) in [5.41, 5.74) is 1.12. The molecule has 0 aromatic heterocycles. The SMILES string of the molecule is CCCCC[C@H](c1cc(I)cc(I)c1O)N1CCNCC1.Cl.Cl. The third-order valence-corrected chi connectivity index (χ3v) is 5.54. The van der Waals surface area contributed by atoms with E-state index in [2.05, 4.69) is 68.4 Å². The molecule has 1 saturated heterocycles. The lowest BCUT2D eigenvalue weighted by Crippen LogP contribution is -2.45. The van der Waals surface area contributed by atoms with Crippen molar-refractivity contribution in [3.05, 3.63) is 24.8 Å². The number of hydrogen-bond donors (Lipinski definition) is 2. The molecule has 1 aromatic rings. The highest BCUT2D eigenvalue weighted by molar-refractivity contribution is 14.1. The lowest BCUT2D eigenvalue weighted by molar-refractivity contribution is 0.160. The Morgan fingerprint density at radius 2 is 1.83 bits per heavy atom. The third-order valence-electron chi connectivity index (χ3n) is 4.09. The van der Waals surface area contributed by atoms with Crippen LogP contribution in [0, 0.1) is 7.14 Å². The van der Waals surface area contributed by atoms with Crippen LogP contribution in [0.5, 0.6) is 5.75 Å². The summed E-state index contributed by atoms with van der Waals surface area (Å²) < 4.78 is 2.17. The summed E-state index contributed by atoms with van der Waals surface area (Å²) in [6.45, 7) is 6.47. The molecule has 0 radical (unpaired) electrons. The van der Waals surface area contributed by atoms with Crippen LogP contribution in [0.3, 0.4) is 0 Å². The van der Waals surface area contributed by atoms with Crippen LogP contribution < -0.4 is 5.32 Å². The topological polar surface area (TPSA) is 35.5 Å². The van der Waals surface area contributed by atoms with Crippen LogP contribution in [0.25, 0.3) is 0 Å². The lowest BCUT2D eigenvalue weighted by Gasteiger charge is -2.36. The molecule has 7 heteroatoms. The Morgan fingerprint density at radius 3 is 2.43 bits per heavy atom. The fourth-order valence-corrected chi connectivity index (χ4v) is 4.85. The molecule has 0 aliphatic carbocycles. The van der Waals surface area contributed by atoms with Gasteiger partial charge in [0.15, 0.2) is 0 Å². The first-order valence-electron chi connectivity index (χ1n) is 7.76. The number of phenolic OH excluding ortho intramolecular Hbond substituents is 1. The van der Waals surface area contributed by atoms with E-state index in [0.29, 0.717) is 11.8 Å². The monoisotopic (exact) mass is 586 g/mol. The minimum Gasteiger partial charge on any atom is -0.506 e. The Balaban J connectivity index is 0.00000242. The summed E-state index contributed by atoms with van der Waals surface area (Å²) in [4.78, 5) is 2.54. The summed E-state index contributed by atoms with van der Waals surface area (Å²) in [6, 6.07) is 4.55. The molecule has 134 valence electrons. The number of hydrogen-bond acceptors (Lipinski definition) is 3. The zero-order valence-corrected chi connectivity index (χ0v) is 19.3. The van der Waals surface area contributed by atoms with Crippen LogP contribution in [0.1, 0.15) is 44.2 Å². The molecule has 0 amide bonds. The van der Waals surface area contributed by atoms with Crippen LogP contribution >= 0.6 is 70.0 Å². The average Bonchev–Trinajstić information content (AvgIpc) is 2.49. The summed E-state index contributed by atoms with van der Waals surface area (Å²) in [5, 5.41) is 13.9. The number of rotatable bonds is 6. The first-order chi connectivity index (χ1) is 10.1. The van der Waals surface area contributed by atoms with Crippen LogP contribution in [-0.4, -0.2) is 36.2 Å². The van der Waals surface area contributed by atoms with Crippen molar-refractivity contribution in [3.8, 4) is 5.75 Å². The van der Waals surface area contributed by atoms with Gasteiger partial charge in [0.1, 0.15) is 5.75 Å². The maximum absolute atomic E-state index is 10.5. The molecule has 1 aliphatic heterocycles. The van der Waals surface area contributed by atoms with Gasteiger partial charge < -0.3 is 10.4 Å². The second-order valence-corrected chi connectivity index (χ2v) is 8.03. The Hall–Kier alpha value is 0.980. The highest BCUT2D eigenvalue weighted by atomic mass is 127. The van der Waals surface area contributed by atoms with Gasteiger partial charge in [0.2, 0.25) is 0 Å². The van der Waals surface area contributed by atoms with Crippen molar-refractivity contribution >= 4 is 70.0 Å². The smallest absolute Gasteiger partial charge is 0.133 e. The quantitative estimate of drug-likeness (QED) is 0.365. The maximum atomic E-state index is 10.5. The standard InChI is InChI=1S/C16H24I2N2O.2ClH/c1-2-3-4-5-15(20-8-6-19-7-9-20)13-10-12(17)11-14(18)16(13)21;;/h10-11,15,19,21H,2-9H2,1H3;2*1H/t15-;;/m1../s1. The van der Waals surface area contributed by atoms with E-state index in [-0.39, 0.29) is 24.8 Å². The predicted octanol–water partition coefficient (Wildman–Crippen LogP) is 4.97. The van der Waals surface area contributed by atoms with E-state index in [1.807, 2.05) is 6.07 Å². The fourth-order valence-electron chi connectivity index (χ4n) is 2.96. The second-order valence-electron chi connectivity index (χ2n) is 5.62. The number of benzene rings is 1. The van der Waals surface area contributed by atoms with Crippen LogP contribution in [0.4, 0.5) is 0 Å². The molecule has 1 fully saturated rings. The van der Waals surface area contributed by atoms with Crippen molar-refractivity contribution < 1.29 is 5.11 Å². The molecule has 1 aliphatic rings. The van der Waals surface area contributed by atoms with E-state index in [9.17, 15) is 5.11 Å². The van der Waals surface area contributed by atoms with Crippen molar-refractivity contribution in [1.29, 1.82) is 0 Å². The van der Waals surface area contributed by atoms with Crippen LogP contribution in [0.2, 0.25) is 0 Å². The van der Waals surface area contributed by atoms with Gasteiger partial charge in [-0.25, -0.2) is 0 Å². The number of halogens is 4. The molecule has 0 saturated carbocycles. The molecular weight excluding hydrogens is 561 g/mol. The lowest BCUT2D eigenvalue weighted by atomic mass is 9.97. The minimum absolute atomic E-state index is 0. The molecule has 2 N–H and O–H groups in total. The number of unbranched alkanes of at least 4 members (excludes halogenated alkanes) is 2. The highest BCUT2D eigenvalue weighted by Crippen LogP contribution is 2.37. The minimum atomic E-state index is 0. The molecule has 3 nitrogen and oxygen atoms in total. The second kappa shape index (κ2) is 12.4. The summed E-state index contributed by atoms with van der Waals surface area (Å²) in [5.74, 6) is 0.482. The zero-order chi connectivity index (χ0) is 15.2. The number of aromatic hydroxyl groups is 1. The number of phenols is 1. The van der Waals surface area contributed by atoms with Gasteiger partial charge in [-0.05, 0) is 63.7 Å². The largest absolute Gasteiger partial charge is 0.506 e. The zero-order valence-electron chi connectivity index (χ0n) is 13.4. The van der Waals surface area contributed by atoms with Crippen LogP contribution in [0.15, 0.2) is 12.1 Å². The van der Waals surface area contributed by atoms with Gasteiger partial charge in [0.25, 0.3) is 0 Å². The first kappa shape index (κ1) is 24.0. The van der Waals surface area contributed by atoms with Crippen molar-refractivity contribution in [2.24, 2.45) is 0 Å². The molecule has 0 bridgehead atoms. The van der Waals surface area contributed by atoms with E-state index < -0.39 is 0 Å². The Morgan fingerprint density at radius 1 is 1.17 bits per heavy atom. The van der Waals surface area contributed by atoms with Gasteiger partial charge >= 0.3 is 0 Å². The van der Waals surface area contributed by atoms with E-state index in [1.54, 1.807) is 0 Å². The number of piperazine rings is 1. The molecule has 0 spiro atoms. The molecule has 1 atom stereocenters. The van der Waals surface area contributed by atoms with E-state index in [4.69, 9.17) is 0 Å². The normalized spacial score (nSPS) is 16.3. The fraction of sp³-hybridized carbons (Fsp3) is 0.625. The molecule has 1 aromatic carbocycles.